The first kappa shape index (κ1) is 16.5. The molecule has 0 unspecified atom stereocenters. The van der Waals surface area contributed by atoms with Gasteiger partial charge in [0.25, 0.3) is 0 Å². The van der Waals surface area contributed by atoms with E-state index in [0.717, 1.165) is 0 Å². The fourth-order valence-corrected chi connectivity index (χ4v) is 2.86. The fraction of sp³-hybridized carbons (Fsp3) is 0. The maximum Gasteiger partial charge on any atom is 0.0880 e. The van der Waals surface area contributed by atoms with Crippen molar-refractivity contribution < 1.29 is 0 Å². The topological polar surface area (TPSA) is 24.7 Å². The molecular formula is C12H10N2S6. The molecule has 0 spiro atoms. The number of thiol groups is 6. The van der Waals surface area contributed by atoms with Crippen LogP contribution in [-0.4, -0.2) is 0 Å². The van der Waals surface area contributed by atoms with Gasteiger partial charge in [-0.3, -0.25) is 0 Å². The smallest absolute Gasteiger partial charge is 0.0880 e. The predicted octanol–water partition coefficient (Wildman–Crippen LogP) is 5.83. The maximum atomic E-state index is 4.30. The zero-order valence-corrected chi connectivity index (χ0v) is 15.3. The van der Waals surface area contributed by atoms with Gasteiger partial charge in [-0.25, -0.2) is 0 Å². The molecule has 0 heterocycles. The number of rotatable bonds is 2. The van der Waals surface area contributed by atoms with Crippen LogP contribution in [0.5, 0.6) is 0 Å². The van der Waals surface area contributed by atoms with Gasteiger partial charge in [0.05, 0.1) is 11.4 Å². The zero-order chi connectivity index (χ0) is 14.9. The van der Waals surface area contributed by atoms with E-state index in [1.807, 2.05) is 0 Å². The minimum atomic E-state index is 0.647. The second-order valence-corrected chi connectivity index (χ2v) is 6.69. The summed E-state index contributed by atoms with van der Waals surface area (Å²) in [5, 5.41) is 8.30. The van der Waals surface area contributed by atoms with Gasteiger partial charge < -0.3 is 0 Å². The molecule has 0 aromatic heterocycles. The minimum Gasteiger partial charge on any atom is -0.150 e. The maximum absolute atomic E-state index is 4.30. The molecule has 2 nitrogen and oxygen atoms in total. The van der Waals surface area contributed by atoms with Crippen molar-refractivity contribution >= 4 is 87.1 Å². The quantitative estimate of drug-likeness (QED) is 0.281. The lowest BCUT2D eigenvalue weighted by atomic mass is 10.3. The van der Waals surface area contributed by atoms with E-state index in [0.29, 0.717) is 40.7 Å². The van der Waals surface area contributed by atoms with Crippen LogP contribution in [0.3, 0.4) is 0 Å². The van der Waals surface area contributed by atoms with Crippen LogP contribution >= 0.6 is 75.8 Å². The fourth-order valence-electron chi connectivity index (χ4n) is 1.41. The standard InChI is InChI=1S/C12H10N2S6/c15-7-1-5(2-8(16)11(7)19)13-14-6-3-9(17)12(20)10(18)4-6/h1-4,15-20H/b14-13+. The van der Waals surface area contributed by atoms with E-state index in [2.05, 4.69) is 86.0 Å². The Hall–Kier alpha value is 0.140. The Bertz CT molecular complexity index is 593. The van der Waals surface area contributed by atoms with Gasteiger partial charge in [0.15, 0.2) is 0 Å². The van der Waals surface area contributed by atoms with Crippen LogP contribution in [0.1, 0.15) is 0 Å². The summed E-state index contributed by atoms with van der Waals surface area (Å²) in [7, 11) is 0. The second kappa shape index (κ2) is 6.93. The summed E-state index contributed by atoms with van der Waals surface area (Å²) in [5.74, 6) is 0. The first-order valence-electron chi connectivity index (χ1n) is 5.30. The first-order chi connectivity index (χ1) is 9.38. The van der Waals surface area contributed by atoms with Gasteiger partial charge in [-0.2, -0.15) is 10.2 Å². The minimum absolute atomic E-state index is 0.647. The highest BCUT2D eigenvalue weighted by Gasteiger charge is 2.04. The van der Waals surface area contributed by atoms with Crippen molar-refractivity contribution in [2.45, 2.75) is 29.4 Å². The van der Waals surface area contributed by atoms with E-state index >= 15 is 0 Å². The number of hydrogen-bond donors (Lipinski definition) is 6. The monoisotopic (exact) mass is 374 g/mol. The largest absolute Gasteiger partial charge is 0.150 e. The number of nitrogens with zero attached hydrogens (tertiary/aromatic N) is 2. The Balaban J connectivity index is 2.35. The summed E-state index contributed by atoms with van der Waals surface area (Å²) in [6, 6.07) is 7.07. The third-order valence-electron chi connectivity index (χ3n) is 2.39. The van der Waals surface area contributed by atoms with Crippen LogP contribution < -0.4 is 0 Å². The van der Waals surface area contributed by atoms with Crippen molar-refractivity contribution in [2.24, 2.45) is 10.2 Å². The molecule has 8 heteroatoms. The van der Waals surface area contributed by atoms with E-state index in [9.17, 15) is 0 Å². The van der Waals surface area contributed by atoms with Gasteiger partial charge in [-0.15, -0.1) is 75.8 Å². The molecule has 104 valence electrons. The lowest BCUT2D eigenvalue weighted by molar-refractivity contribution is 1.09. The average Bonchev–Trinajstić information content (AvgIpc) is 2.39. The van der Waals surface area contributed by atoms with Crippen LogP contribution in [0.15, 0.2) is 63.9 Å². The van der Waals surface area contributed by atoms with Crippen molar-refractivity contribution in [1.82, 2.24) is 0 Å². The Kier molecular flexibility index (Phi) is 5.72. The Morgan fingerprint density at radius 3 is 1.00 bits per heavy atom. The van der Waals surface area contributed by atoms with Gasteiger partial charge in [0.2, 0.25) is 0 Å². The molecular weight excluding hydrogens is 365 g/mol. The van der Waals surface area contributed by atoms with Crippen molar-refractivity contribution in [3.8, 4) is 0 Å². The van der Waals surface area contributed by atoms with E-state index in [1.54, 1.807) is 24.3 Å². The highest BCUT2D eigenvalue weighted by atomic mass is 32.1. The van der Waals surface area contributed by atoms with E-state index in [4.69, 9.17) is 0 Å². The molecule has 0 atom stereocenters. The highest BCUT2D eigenvalue weighted by molar-refractivity contribution is 7.85. The van der Waals surface area contributed by atoms with Gasteiger partial charge in [-0.1, -0.05) is 0 Å². The number of benzene rings is 2. The first-order valence-corrected chi connectivity index (χ1v) is 7.98. The number of azo groups is 1. The van der Waals surface area contributed by atoms with Crippen LogP contribution in [0.4, 0.5) is 11.4 Å². The molecule has 2 aromatic rings. The lowest BCUT2D eigenvalue weighted by Gasteiger charge is -2.04. The molecule has 0 amide bonds. The van der Waals surface area contributed by atoms with Gasteiger partial charge in [0, 0.05) is 29.4 Å². The molecule has 0 aliphatic rings. The van der Waals surface area contributed by atoms with E-state index < -0.39 is 0 Å². The summed E-state index contributed by atoms with van der Waals surface area (Å²) < 4.78 is 0. The van der Waals surface area contributed by atoms with Gasteiger partial charge in [0.1, 0.15) is 0 Å². The van der Waals surface area contributed by atoms with Crippen LogP contribution in [0, 0.1) is 0 Å². The molecule has 2 aromatic carbocycles. The molecule has 20 heavy (non-hydrogen) atoms. The molecule has 0 radical (unpaired) electrons. The highest BCUT2D eigenvalue weighted by Crippen LogP contribution is 2.33. The molecule has 0 saturated carbocycles. The average molecular weight is 375 g/mol. The molecule has 0 saturated heterocycles. The predicted molar refractivity (Wildman–Crippen MR) is 101 cm³/mol. The third-order valence-corrected chi connectivity index (χ3v) is 5.47. The SMILES string of the molecule is Sc1cc(/N=N/c2cc(S)c(S)c(S)c2)cc(S)c1S. The molecule has 0 aliphatic heterocycles. The molecule has 0 bridgehead atoms. The Morgan fingerprint density at radius 2 is 0.750 bits per heavy atom. The zero-order valence-electron chi connectivity index (χ0n) is 9.89. The molecule has 0 fully saturated rings. The summed E-state index contributed by atoms with van der Waals surface area (Å²) in [6.45, 7) is 0. The van der Waals surface area contributed by atoms with Gasteiger partial charge in [-0.05, 0) is 24.3 Å². The van der Waals surface area contributed by atoms with Gasteiger partial charge >= 0.3 is 0 Å². The summed E-state index contributed by atoms with van der Waals surface area (Å²) in [6.07, 6.45) is 0. The van der Waals surface area contributed by atoms with Crippen molar-refractivity contribution in [1.29, 1.82) is 0 Å². The second-order valence-electron chi connectivity index (χ2n) is 3.87. The Labute approximate surface area is 150 Å². The Morgan fingerprint density at radius 1 is 0.500 bits per heavy atom. The summed E-state index contributed by atoms with van der Waals surface area (Å²) >= 11 is 25.8. The normalized spacial score (nSPS) is 11.3. The third kappa shape index (κ3) is 3.86. The molecule has 0 N–H and O–H groups in total. The van der Waals surface area contributed by atoms with E-state index in [-0.39, 0.29) is 0 Å². The van der Waals surface area contributed by atoms with Crippen LogP contribution in [0.25, 0.3) is 0 Å². The lowest BCUT2D eigenvalue weighted by Crippen LogP contribution is -1.76. The summed E-state index contributed by atoms with van der Waals surface area (Å²) in [5.41, 5.74) is 1.29. The van der Waals surface area contributed by atoms with Crippen molar-refractivity contribution in [3.05, 3.63) is 24.3 Å². The van der Waals surface area contributed by atoms with E-state index in [1.165, 1.54) is 0 Å². The molecule has 2 rings (SSSR count). The van der Waals surface area contributed by atoms with Crippen LogP contribution in [-0.2, 0) is 0 Å². The van der Waals surface area contributed by atoms with Crippen LogP contribution in [0.2, 0.25) is 0 Å². The van der Waals surface area contributed by atoms with Crippen molar-refractivity contribution in [3.63, 3.8) is 0 Å². The van der Waals surface area contributed by atoms with Crippen molar-refractivity contribution in [2.75, 3.05) is 0 Å². The number of hydrogen-bond acceptors (Lipinski definition) is 8. The molecule has 0 aliphatic carbocycles. The summed E-state index contributed by atoms with van der Waals surface area (Å²) in [4.78, 5) is 4.22.